The van der Waals surface area contributed by atoms with Crippen molar-refractivity contribution in [2.24, 2.45) is 7.05 Å². The minimum atomic E-state index is -0.233. The first-order chi connectivity index (χ1) is 10.2. The van der Waals surface area contributed by atoms with Crippen molar-refractivity contribution in [1.29, 1.82) is 0 Å². The molecule has 0 amide bonds. The molecule has 0 unspecified atom stereocenters. The number of imidazole rings is 1. The van der Waals surface area contributed by atoms with Gasteiger partial charge in [-0.3, -0.25) is 0 Å². The molecule has 0 fully saturated rings. The molecule has 0 spiro atoms. The van der Waals surface area contributed by atoms with Gasteiger partial charge >= 0.3 is 0 Å². The van der Waals surface area contributed by atoms with E-state index in [4.69, 9.17) is 4.98 Å². The lowest BCUT2D eigenvalue weighted by atomic mass is 10.1. The van der Waals surface area contributed by atoms with Crippen LogP contribution in [0.2, 0.25) is 0 Å². The third kappa shape index (κ3) is 1.82. The Bertz CT molecular complexity index is 952. The smallest absolute Gasteiger partial charge is 0.140 e. The first-order valence-electron chi connectivity index (χ1n) is 6.84. The van der Waals surface area contributed by atoms with Crippen molar-refractivity contribution in [3.8, 4) is 11.4 Å². The summed E-state index contributed by atoms with van der Waals surface area (Å²) >= 11 is 0. The molecule has 102 valence electrons. The monoisotopic (exact) mass is 276 g/mol. The first kappa shape index (κ1) is 12.1. The number of fused-ring (bicyclic) bond motifs is 3. The lowest BCUT2D eigenvalue weighted by Gasteiger charge is -2.02. The van der Waals surface area contributed by atoms with Crippen molar-refractivity contribution >= 4 is 21.8 Å². The number of hydrogen-bond donors (Lipinski definition) is 0. The predicted molar refractivity (Wildman–Crippen MR) is 83.6 cm³/mol. The third-order valence-corrected chi connectivity index (χ3v) is 3.88. The summed E-state index contributed by atoms with van der Waals surface area (Å²) in [5.41, 5.74) is 2.97. The summed E-state index contributed by atoms with van der Waals surface area (Å²) < 4.78 is 15.1. The second-order valence-electron chi connectivity index (χ2n) is 5.16. The van der Waals surface area contributed by atoms with Gasteiger partial charge < -0.3 is 4.57 Å². The Morgan fingerprint density at radius 3 is 2.48 bits per heavy atom. The highest BCUT2D eigenvalue weighted by Crippen LogP contribution is 2.29. The highest BCUT2D eigenvalue weighted by molar-refractivity contribution is 6.05. The summed E-state index contributed by atoms with van der Waals surface area (Å²) in [5.74, 6) is 0.615. The summed E-state index contributed by atoms with van der Waals surface area (Å²) in [6.45, 7) is 0. The molecule has 3 heteroatoms. The van der Waals surface area contributed by atoms with E-state index in [0.717, 1.165) is 27.8 Å². The minimum Gasteiger partial charge on any atom is -0.327 e. The van der Waals surface area contributed by atoms with Crippen molar-refractivity contribution < 1.29 is 4.39 Å². The molecule has 2 nitrogen and oxygen atoms in total. The number of benzene rings is 3. The molecule has 1 heterocycles. The second kappa shape index (κ2) is 4.42. The highest BCUT2D eigenvalue weighted by atomic mass is 19.1. The average molecular weight is 276 g/mol. The van der Waals surface area contributed by atoms with Gasteiger partial charge in [-0.2, -0.15) is 0 Å². The van der Waals surface area contributed by atoms with Gasteiger partial charge in [0.1, 0.15) is 11.6 Å². The van der Waals surface area contributed by atoms with Crippen LogP contribution in [0.15, 0.2) is 60.7 Å². The van der Waals surface area contributed by atoms with E-state index in [1.165, 1.54) is 17.5 Å². The number of halogens is 1. The summed E-state index contributed by atoms with van der Waals surface area (Å²) in [6.07, 6.45) is 0. The van der Waals surface area contributed by atoms with Crippen LogP contribution < -0.4 is 0 Å². The van der Waals surface area contributed by atoms with Crippen LogP contribution in [-0.2, 0) is 7.05 Å². The van der Waals surface area contributed by atoms with E-state index >= 15 is 0 Å². The van der Waals surface area contributed by atoms with E-state index in [1.54, 1.807) is 12.1 Å². The van der Waals surface area contributed by atoms with Gasteiger partial charge in [-0.05, 0) is 35.7 Å². The molecule has 0 saturated carbocycles. The largest absolute Gasteiger partial charge is 0.327 e. The highest BCUT2D eigenvalue weighted by Gasteiger charge is 2.12. The molecule has 0 aliphatic rings. The van der Waals surface area contributed by atoms with Gasteiger partial charge in [0.2, 0.25) is 0 Å². The van der Waals surface area contributed by atoms with Crippen LogP contribution in [0.4, 0.5) is 4.39 Å². The molecule has 0 saturated heterocycles. The second-order valence-corrected chi connectivity index (χ2v) is 5.16. The van der Waals surface area contributed by atoms with Gasteiger partial charge in [0, 0.05) is 18.0 Å². The summed E-state index contributed by atoms with van der Waals surface area (Å²) in [7, 11) is 1.99. The van der Waals surface area contributed by atoms with Crippen LogP contribution in [0.5, 0.6) is 0 Å². The number of aromatic nitrogens is 2. The Kier molecular flexibility index (Phi) is 2.54. The van der Waals surface area contributed by atoms with Crippen LogP contribution in [0.25, 0.3) is 33.2 Å². The van der Waals surface area contributed by atoms with Gasteiger partial charge in [-0.15, -0.1) is 0 Å². The Labute approximate surface area is 121 Å². The SMILES string of the molecule is Cn1c(-c2ccc(F)cc2)nc2c3ccccc3ccc21. The lowest BCUT2D eigenvalue weighted by molar-refractivity contribution is 0.628. The number of hydrogen-bond acceptors (Lipinski definition) is 1. The van der Waals surface area contributed by atoms with Gasteiger partial charge in [-0.1, -0.05) is 30.3 Å². The summed E-state index contributed by atoms with van der Waals surface area (Å²) in [4.78, 5) is 4.78. The molecule has 0 bridgehead atoms. The topological polar surface area (TPSA) is 17.8 Å². The van der Waals surface area contributed by atoms with Crippen LogP contribution >= 0.6 is 0 Å². The zero-order chi connectivity index (χ0) is 14.4. The molecule has 1 aromatic heterocycles. The molecular formula is C18H13FN2. The molecule has 0 atom stereocenters. The third-order valence-electron chi connectivity index (χ3n) is 3.88. The van der Waals surface area contributed by atoms with Crippen molar-refractivity contribution in [2.45, 2.75) is 0 Å². The van der Waals surface area contributed by atoms with Crippen molar-refractivity contribution in [3.63, 3.8) is 0 Å². The maximum absolute atomic E-state index is 13.1. The molecule has 0 N–H and O–H groups in total. The van der Waals surface area contributed by atoms with Crippen molar-refractivity contribution in [1.82, 2.24) is 9.55 Å². The number of aryl methyl sites for hydroxylation is 1. The van der Waals surface area contributed by atoms with E-state index in [0.29, 0.717) is 0 Å². The summed E-state index contributed by atoms with van der Waals surface area (Å²) in [6, 6.07) is 18.9. The average Bonchev–Trinajstić information content (AvgIpc) is 2.86. The molecule has 4 rings (SSSR count). The predicted octanol–water partition coefficient (Wildman–Crippen LogP) is 4.53. The molecule has 0 aliphatic heterocycles. The number of nitrogens with zero attached hydrogens (tertiary/aromatic N) is 2. The fourth-order valence-electron chi connectivity index (χ4n) is 2.78. The Hall–Kier alpha value is -2.68. The first-order valence-corrected chi connectivity index (χ1v) is 6.84. The van der Waals surface area contributed by atoms with Crippen LogP contribution in [0, 0.1) is 5.82 Å². The van der Waals surface area contributed by atoms with Gasteiger partial charge in [0.15, 0.2) is 0 Å². The van der Waals surface area contributed by atoms with Crippen LogP contribution in [0.3, 0.4) is 0 Å². The Morgan fingerprint density at radius 2 is 1.67 bits per heavy atom. The van der Waals surface area contributed by atoms with Crippen molar-refractivity contribution in [2.75, 3.05) is 0 Å². The lowest BCUT2D eigenvalue weighted by Crippen LogP contribution is -1.92. The van der Waals surface area contributed by atoms with Gasteiger partial charge in [-0.25, -0.2) is 9.37 Å². The fourth-order valence-corrected chi connectivity index (χ4v) is 2.78. The normalized spacial score (nSPS) is 11.3. The summed E-state index contributed by atoms with van der Waals surface area (Å²) in [5, 5.41) is 2.31. The zero-order valence-corrected chi connectivity index (χ0v) is 11.5. The maximum atomic E-state index is 13.1. The molecular weight excluding hydrogens is 263 g/mol. The van der Waals surface area contributed by atoms with E-state index in [9.17, 15) is 4.39 Å². The molecule has 0 radical (unpaired) electrons. The number of rotatable bonds is 1. The van der Waals surface area contributed by atoms with Crippen LogP contribution in [0.1, 0.15) is 0 Å². The quantitative estimate of drug-likeness (QED) is 0.499. The minimum absolute atomic E-state index is 0.233. The fraction of sp³-hybridized carbons (Fsp3) is 0.0556. The standard InChI is InChI=1S/C18H13FN2/c1-21-16-11-8-12-4-2-3-5-15(12)17(16)20-18(21)13-6-9-14(19)10-7-13/h2-11H,1H3. The van der Waals surface area contributed by atoms with E-state index in [-0.39, 0.29) is 5.82 Å². The van der Waals surface area contributed by atoms with Gasteiger partial charge in [0.25, 0.3) is 0 Å². The van der Waals surface area contributed by atoms with Gasteiger partial charge in [0.05, 0.1) is 11.0 Å². The molecule has 4 aromatic rings. The maximum Gasteiger partial charge on any atom is 0.140 e. The Morgan fingerprint density at radius 1 is 0.905 bits per heavy atom. The van der Waals surface area contributed by atoms with E-state index in [1.807, 2.05) is 19.2 Å². The van der Waals surface area contributed by atoms with E-state index in [2.05, 4.69) is 28.8 Å². The van der Waals surface area contributed by atoms with Crippen LogP contribution in [-0.4, -0.2) is 9.55 Å². The molecule has 0 aliphatic carbocycles. The Balaban J connectivity index is 2.05. The molecule has 3 aromatic carbocycles. The van der Waals surface area contributed by atoms with E-state index < -0.39 is 0 Å². The zero-order valence-electron chi connectivity index (χ0n) is 11.5. The van der Waals surface area contributed by atoms with Crippen molar-refractivity contribution in [3.05, 3.63) is 66.5 Å². The molecule has 21 heavy (non-hydrogen) atoms.